The van der Waals surface area contributed by atoms with Gasteiger partial charge in [-0.05, 0) is 0 Å². The molecular weight excluding hydrogens is 216 g/mol. The summed E-state index contributed by atoms with van der Waals surface area (Å²) >= 11 is 0. The van der Waals surface area contributed by atoms with E-state index in [0.717, 1.165) is 0 Å². The summed E-state index contributed by atoms with van der Waals surface area (Å²) in [6.07, 6.45) is -4.65. The van der Waals surface area contributed by atoms with Gasteiger partial charge < -0.3 is 30.3 Å². The smallest absolute Gasteiger partial charge is 0.293 e. The number of rotatable bonds is 1. The van der Waals surface area contributed by atoms with E-state index >= 15 is 0 Å². The zero-order valence-corrected chi connectivity index (χ0v) is 7.72. The van der Waals surface area contributed by atoms with Crippen LogP contribution >= 0.6 is 0 Å². The summed E-state index contributed by atoms with van der Waals surface area (Å²) in [5.74, 6) is 0. The highest BCUT2D eigenvalue weighted by Crippen LogP contribution is 2.56. The summed E-state index contributed by atoms with van der Waals surface area (Å²) in [7, 11) is -2.21. The van der Waals surface area contributed by atoms with Crippen LogP contribution in [0.15, 0.2) is 0 Å². The molecular formula is C6H10O7S. The normalized spacial score (nSPS) is 62.1. The lowest BCUT2D eigenvalue weighted by molar-refractivity contribution is -0.287. The van der Waals surface area contributed by atoms with Gasteiger partial charge in [0, 0.05) is 0 Å². The van der Waals surface area contributed by atoms with Crippen LogP contribution < -0.4 is 0 Å². The van der Waals surface area contributed by atoms with Gasteiger partial charge in [0.05, 0.1) is 6.61 Å². The Morgan fingerprint density at radius 1 is 1.36 bits per heavy atom. The van der Waals surface area contributed by atoms with Gasteiger partial charge in [-0.3, -0.25) is 4.21 Å². The third kappa shape index (κ3) is 0.890. The second kappa shape index (κ2) is 2.73. The summed E-state index contributed by atoms with van der Waals surface area (Å²) in [5.41, 5.74) is 0. The molecule has 2 rings (SSSR count). The lowest BCUT2D eigenvalue weighted by Gasteiger charge is -2.34. The summed E-state index contributed by atoms with van der Waals surface area (Å²) in [5, 5.41) is 43.8. The van der Waals surface area contributed by atoms with Crippen molar-refractivity contribution in [2.75, 3.05) is 6.61 Å². The van der Waals surface area contributed by atoms with Crippen LogP contribution in [-0.4, -0.2) is 64.7 Å². The van der Waals surface area contributed by atoms with Crippen LogP contribution in [0.5, 0.6) is 0 Å². The van der Waals surface area contributed by atoms with E-state index in [-0.39, 0.29) is 0 Å². The van der Waals surface area contributed by atoms with Crippen molar-refractivity contribution in [3.8, 4) is 0 Å². The maximum Gasteiger partial charge on any atom is 0.293 e. The van der Waals surface area contributed by atoms with Crippen LogP contribution in [0.3, 0.4) is 0 Å². The first-order valence-corrected chi connectivity index (χ1v) is 5.06. The lowest BCUT2D eigenvalue weighted by atomic mass is 9.99. The summed E-state index contributed by atoms with van der Waals surface area (Å²) in [6.45, 7) is -0.659. The average molecular weight is 226 g/mol. The molecule has 14 heavy (non-hydrogen) atoms. The molecule has 6 atom stereocenters. The number of aliphatic hydroxyl groups is 5. The maximum absolute atomic E-state index is 11.1. The van der Waals surface area contributed by atoms with Gasteiger partial charge in [0.25, 0.3) is 5.12 Å². The van der Waals surface area contributed by atoms with Gasteiger partial charge in [-0.25, -0.2) is 0 Å². The second-order valence-corrected chi connectivity index (χ2v) is 5.03. The number of aliphatic hydroxyl groups excluding tert-OH is 3. The highest BCUT2D eigenvalue weighted by Gasteiger charge is 2.86. The first-order valence-electron chi connectivity index (χ1n) is 3.91. The van der Waals surface area contributed by atoms with Crippen LogP contribution in [-0.2, 0) is 15.5 Å². The van der Waals surface area contributed by atoms with Crippen molar-refractivity contribution in [1.29, 1.82) is 0 Å². The van der Waals surface area contributed by atoms with Crippen molar-refractivity contribution in [3.63, 3.8) is 0 Å². The molecule has 2 unspecified atom stereocenters. The maximum atomic E-state index is 11.1. The predicted molar refractivity (Wildman–Crippen MR) is 42.0 cm³/mol. The van der Waals surface area contributed by atoms with Crippen molar-refractivity contribution in [2.45, 2.75) is 28.4 Å². The van der Waals surface area contributed by atoms with E-state index in [2.05, 4.69) is 4.74 Å². The largest absolute Gasteiger partial charge is 0.394 e. The molecule has 5 N–H and O–H groups in total. The predicted octanol–water partition coefficient (Wildman–Crippen LogP) is -3.80. The number of hydrogen-bond donors (Lipinski definition) is 5. The molecule has 2 heterocycles. The minimum absolute atomic E-state index is 0.659. The molecule has 0 aromatic carbocycles. The zero-order valence-electron chi connectivity index (χ0n) is 6.90. The Labute approximate surface area is 81.0 Å². The molecule has 0 spiro atoms. The molecule has 7 nitrogen and oxygen atoms in total. The van der Waals surface area contributed by atoms with Crippen molar-refractivity contribution in [3.05, 3.63) is 0 Å². The van der Waals surface area contributed by atoms with Gasteiger partial charge in [0.15, 0.2) is 0 Å². The van der Waals surface area contributed by atoms with Crippen LogP contribution in [0, 0.1) is 0 Å². The Kier molecular flexibility index (Phi) is 2.03. The van der Waals surface area contributed by atoms with Crippen molar-refractivity contribution in [1.82, 2.24) is 0 Å². The van der Waals surface area contributed by atoms with Gasteiger partial charge in [-0.2, -0.15) is 0 Å². The van der Waals surface area contributed by atoms with Gasteiger partial charge in [-0.15, -0.1) is 0 Å². The molecule has 0 amide bonds. The van der Waals surface area contributed by atoms with E-state index < -0.39 is 45.8 Å². The number of fused-ring (bicyclic) bond motifs is 1. The van der Waals surface area contributed by atoms with Gasteiger partial charge in [0.2, 0.25) is 4.93 Å². The fourth-order valence-corrected chi connectivity index (χ4v) is 2.96. The fourth-order valence-electron chi connectivity index (χ4n) is 1.56. The van der Waals surface area contributed by atoms with Gasteiger partial charge in [-0.1, -0.05) is 0 Å². The molecule has 82 valence electrons. The quantitative estimate of drug-likeness (QED) is 0.290. The fraction of sp³-hybridized carbons (Fsp3) is 1.00. The zero-order chi connectivity index (χ0) is 10.7. The van der Waals surface area contributed by atoms with E-state index in [1.807, 2.05) is 0 Å². The third-order valence-electron chi connectivity index (χ3n) is 2.54. The molecule has 0 bridgehead atoms. The molecule has 8 heteroatoms. The van der Waals surface area contributed by atoms with Gasteiger partial charge >= 0.3 is 0 Å². The highest BCUT2D eigenvalue weighted by atomic mass is 32.2. The van der Waals surface area contributed by atoms with Crippen LogP contribution in [0.2, 0.25) is 0 Å². The molecule has 2 aliphatic heterocycles. The average Bonchev–Trinajstić information content (AvgIpc) is 2.60. The molecule has 0 saturated carbocycles. The molecule has 0 aromatic rings. The minimum atomic E-state index is -2.38. The minimum Gasteiger partial charge on any atom is -0.394 e. The molecule has 0 radical (unpaired) electrons. The van der Waals surface area contributed by atoms with Crippen molar-refractivity contribution < 1.29 is 34.5 Å². The molecule has 0 aliphatic carbocycles. The molecule has 2 saturated heterocycles. The lowest BCUT2D eigenvalue weighted by Crippen LogP contribution is -2.58. The summed E-state index contributed by atoms with van der Waals surface area (Å²) in [6, 6.07) is 0. The standard InChI is InChI=1S/C6H10O7S/c7-1-2-3(8)4(9)5(10)6(11,13-2)14(5)12/h2-4,7-11H,1H2/t2-,3-,4+,5-,6?,14?/m1/s1. The Bertz CT molecular complexity index is 296. The first-order chi connectivity index (χ1) is 6.39. The summed E-state index contributed by atoms with van der Waals surface area (Å²) in [4.78, 5) is -2.35. The number of hydrogen-bond acceptors (Lipinski definition) is 7. The van der Waals surface area contributed by atoms with Crippen LogP contribution in [0.25, 0.3) is 0 Å². The molecule has 2 aliphatic rings. The molecule has 2 fully saturated rings. The Morgan fingerprint density at radius 3 is 2.43 bits per heavy atom. The van der Waals surface area contributed by atoms with E-state index in [4.69, 9.17) is 5.11 Å². The van der Waals surface area contributed by atoms with Crippen molar-refractivity contribution >= 4 is 10.8 Å². The Hall–Kier alpha value is -0.0900. The Balaban J connectivity index is 2.32. The monoisotopic (exact) mass is 226 g/mol. The van der Waals surface area contributed by atoms with E-state index in [1.54, 1.807) is 0 Å². The summed E-state index contributed by atoms with van der Waals surface area (Å²) < 4.78 is 15.8. The third-order valence-corrected chi connectivity index (χ3v) is 4.33. The van der Waals surface area contributed by atoms with Crippen LogP contribution in [0.4, 0.5) is 0 Å². The van der Waals surface area contributed by atoms with E-state index in [9.17, 15) is 24.6 Å². The van der Waals surface area contributed by atoms with Gasteiger partial charge in [0.1, 0.15) is 29.1 Å². The van der Waals surface area contributed by atoms with Crippen molar-refractivity contribution in [2.24, 2.45) is 0 Å². The topological polar surface area (TPSA) is 127 Å². The van der Waals surface area contributed by atoms with E-state index in [0.29, 0.717) is 0 Å². The number of ether oxygens (including phenoxy) is 1. The Morgan fingerprint density at radius 2 is 1.93 bits per heavy atom. The highest BCUT2D eigenvalue weighted by molar-refractivity contribution is 7.95. The van der Waals surface area contributed by atoms with Crippen LogP contribution in [0.1, 0.15) is 0 Å². The first kappa shape index (κ1) is 10.4. The van der Waals surface area contributed by atoms with E-state index in [1.165, 1.54) is 0 Å². The second-order valence-electron chi connectivity index (χ2n) is 3.32. The molecule has 0 aromatic heterocycles. The SMILES string of the molecule is O=S1C2(O)O[C@H](CO)[C@@H](O)[C@H](O)[C@@]12O.